The number of pyridine rings is 2. The van der Waals surface area contributed by atoms with Gasteiger partial charge in [-0.1, -0.05) is 22.4 Å². The minimum absolute atomic E-state index is 0. The molecule has 216 valence electrons. The van der Waals surface area contributed by atoms with Crippen molar-refractivity contribution in [2.75, 3.05) is 0 Å². The first kappa shape index (κ1) is 33.6. The Morgan fingerprint density at radius 3 is 1.24 bits per heavy atom. The van der Waals surface area contributed by atoms with Gasteiger partial charge in [0, 0.05) is 35.4 Å². The molecule has 0 N–H and O–H groups in total. The molecule has 41 heavy (non-hydrogen) atoms. The minimum Gasteiger partial charge on any atom is -1.00 e. The zero-order valence-electron chi connectivity index (χ0n) is 21.6. The summed E-state index contributed by atoms with van der Waals surface area (Å²) in [6.45, 7) is 0.990. The van der Waals surface area contributed by atoms with Gasteiger partial charge in [0.15, 0.2) is 37.9 Å². The van der Waals surface area contributed by atoms with Gasteiger partial charge < -0.3 is 43.6 Å². The number of aromatic nitrogens is 2. The molecule has 2 aromatic heterocycles. The molecule has 4 aromatic rings. The van der Waals surface area contributed by atoms with Gasteiger partial charge in [0.05, 0.1) is 30.0 Å². The molecule has 12 heteroatoms. The van der Waals surface area contributed by atoms with Crippen molar-refractivity contribution in [1.82, 2.24) is 0 Å². The second kappa shape index (κ2) is 17.2. The molecular weight excluding hydrogens is 672 g/mol. The predicted octanol–water partition coefficient (Wildman–Crippen LogP) is -0.982. The summed E-state index contributed by atoms with van der Waals surface area (Å²) in [7, 11) is 0. The topological polar surface area (TPSA) is 50.9 Å². The largest absolute Gasteiger partial charge is 1.00 e. The average Bonchev–Trinajstić information content (AvgIpc) is 2.93. The number of oxime groups is 2. The summed E-state index contributed by atoms with van der Waals surface area (Å²) >= 11 is 0. The van der Waals surface area contributed by atoms with Gasteiger partial charge in [-0.2, -0.15) is 0 Å². The molecule has 0 radical (unpaired) electrons. The highest BCUT2D eigenvalue weighted by molar-refractivity contribution is 5.78. The number of nitrogens with zero attached hydrogens (tertiary/aromatic N) is 4. The van der Waals surface area contributed by atoms with E-state index in [1.54, 1.807) is 0 Å². The van der Waals surface area contributed by atoms with Crippen molar-refractivity contribution in [1.29, 1.82) is 0 Å². The second-order valence-electron chi connectivity index (χ2n) is 8.51. The number of halogens is 6. The molecule has 0 amide bonds. The van der Waals surface area contributed by atoms with Crippen molar-refractivity contribution >= 4 is 12.4 Å². The summed E-state index contributed by atoms with van der Waals surface area (Å²) in [5.41, 5.74) is 1.25. The lowest BCUT2D eigenvalue weighted by Crippen LogP contribution is -3.00. The van der Waals surface area contributed by atoms with Crippen molar-refractivity contribution in [2.45, 2.75) is 32.7 Å². The van der Waals surface area contributed by atoms with E-state index in [1.165, 1.54) is 48.8 Å². The Hall–Kier alpha value is -3.64. The summed E-state index contributed by atoms with van der Waals surface area (Å²) in [4.78, 5) is 10.1. The van der Waals surface area contributed by atoms with Gasteiger partial charge >= 0.3 is 0 Å². The molecule has 0 bridgehead atoms. The first-order valence-electron chi connectivity index (χ1n) is 12.1. The van der Waals surface area contributed by atoms with Gasteiger partial charge in [-0.25, -0.2) is 26.7 Å². The van der Waals surface area contributed by atoms with Crippen LogP contribution in [-0.4, -0.2) is 12.4 Å². The summed E-state index contributed by atoms with van der Waals surface area (Å²) in [6.07, 6.45) is 11.5. The van der Waals surface area contributed by atoms with Crippen LogP contribution in [0.4, 0.5) is 17.6 Å². The van der Waals surface area contributed by atoms with E-state index in [0.717, 1.165) is 30.6 Å². The molecule has 0 saturated carbocycles. The van der Waals surface area contributed by atoms with Crippen LogP contribution in [0.1, 0.15) is 28.7 Å². The van der Waals surface area contributed by atoms with Crippen LogP contribution in [0.15, 0.2) is 95.8 Å². The maximum Gasteiger partial charge on any atom is 0.169 e. The molecule has 0 aliphatic heterocycles. The van der Waals surface area contributed by atoms with Crippen LogP contribution in [0.25, 0.3) is 0 Å². The zero-order valence-corrected chi connectivity index (χ0v) is 24.8. The number of hydrogen-bond donors (Lipinski definition) is 0. The predicted molar refractivity (Wildman–Crippen MR) is 135 cm³/mol. The molecule has 4 rings (SSSR count). The monoisotopic (exact) mass is 696 g/mol. The van der Waals surface area contributed by atoms with Crippen LogP contribution in [0.3, 0.4) is 0 Å². The van der Waals surface area contributed by atoms with Crippen molar-refractivity contribution in [3.05, 3.63) is 131 Å². The molecular formula is C29H26Br2F4N4O2. The molecule has 2 aromatic carbocycles. The van der Waals surface area contributed by atoms with E-state index in [1.807, 2.05) is 58.2 Å². The van der Waals surface area contributed by atoms with Crippen molar-refractivity contribution in [3.63, 3.8) is 0 Å². The standard InChI is InChI=1S/C29H26F4N4O2.2BrH/c30-26-4-1-5-27(31)24(26)20-38-34-18-22-8-14-36(15-9-22)12-3-13-37-16-10-23(11-17-37)19-35-39-21-25-28(32)6-2-7-29(25)33;;/h1-2,4-11,14-19H,3,12-13,20-21H2;2*1H/q+2;;/p-2/b34-18+,35-19+;;. The Kier molecular flexibility index (Phi) is 14.1. The van der Waals surface area contributed by atoms with Crippen LogP contribution >= 0.6 is 0 Å². The van der Waals surface area contributed by atoms with E-state index in [2.05, 4.69) is 10.3 Å². The summed E-state index contributed by atoms with van der Waals surface area (Å²) in [6, 6.07) is 14.7. The lowest BCUT2D eigenvalue weighted by Gasteiger charge is -2.03. The maximum atomic E-state index is 13.6. The minimum atomic E-state index is -0.671. The molecule has 6 nitrogen and oxygen atoms in total. The molecule has 0 saturated heterocycles. The third kappa shape index (κ3) is 10.4. The van der Waals surface area contributed by atoms with E-state index in [-0.39, 0.29) is 58.3 Å². The fourth-order valence-electron chi connectivity index (χ4n) is 3.58. The molecule has 0 aliphatic carbocycles. The van der Waals surface area contributed by atoms with Crippen molar-refractivity contribution in [3.8, 4) is 0 Å². The highest BCUT2D eigenvalue weighted by atomic mass is 79.9. The number of aryl methyl sites for hydroxylation is 2. The van der Waals surface area contributed by atoms with E-state index >= 15 is 0 Å². The van der Waals surface area contributed by atoms with Gasteiger partial charge in [0.25, 0.3) is 0 Å². The fourth-order valence-corrected chi connectivity index (χ4v) is 3.58. The Morgan fingerprint density at radius 2 is 0.902 bits per heavy atom. The third-order valence-electron chi connectivity index (χ3n) is 5.76. The van der Waals surface area contributed by atoms with Gasteiger partial charge in [-0.3, -0.25) is 0 Å². The Balaban J connectivity index is 0.00000294. The summed E-state index contributed by atoms with van der Waals surface area (Å²) in [5.74, 6) is -2.68. The Labute approximate surface area is 256 Å². The lowest BCUT2D eigenvalue weighted by atomic mass is 10.2. The highest BCUT2D eigenvalue weighted by Gasteiger charge is 2.10. The van der Waals surface area contributed by atoms with E-state index < -0.39 is 23.3 Å². The van der Waals surface area contributed by atoms with Gasteiger partial charge in [0.2, 0.25) is 0 Å². The van der Waals surface area contributed by atoms with Gasteiger partial charge in [-0.15, -0.1) is 0 Å². The third-order valence-corrected chi connectivity index (χ3v) is 5.76. The molecule has 0 fully saturated rings. The smallest absolute Gasteiger partial charge is 0.169 e. The SMILES string of the molecule is Fc1cccc(F)c1CO/N=C/c1cc[n+](CCC[n+]2ccc(/C=N/OCc3c(F)cccc3F)cc2)cc1.[Br-].[Br-]. The molecule has 2 heterocycles. The normalized spacial score (nSPS) is 10.8. The van der Waals surface area contributed by atoms with Gasteiger partial charge in [-0.05, 0) is 24.3 Å². The summed E-state index contributed by atoms with van der Waals surface area (Å²) < 4.78 is 58.4. The average molecular weight is 698 g/mol. The van der Waals surface area contributed by atoms with Crippen LogP contribution in [0.2, 0.25) is 0 Å². The lowest BCUT2D eigenvalue weighted by molar-refractivity contribution is -0.726. The van der Waals surface area contributed by atoms with Crippen molar-refractivity contribution < 1.29 is 70.3 Å². The molecule has 0 aliphatic rings. The maximum absolute atomic E-state index is 13.6. The van der Waals surface area contributed by atoms with Crippen LogP contribution in [0, 0.1) is 23.3 Å². The number of benzene rings is 2. The fraction of sp³-hybridized carbons (Fsp3) is 0.172. The Bertz CT molecular complexity index is 1290. The van der Waals surface area contributed by atoms with Crippen LogP contribution in [-0.2, 0) is 36.0 Å². The Morgan fingerprint density at radius 1 is 0.561 bits per heavy atom. The van der Waals surface area contributed by atoms with Crippen LogP contribution < -0.4 is 43.1 Å². The molecule has 0 spiro atoms. The van der Waals surface area contributed by atoms with E-state index in [4.69, 9.17) is 9.68 Å². The number of rotatable bonds is 12. The first-order chi connectivity index (χ1) is 19.0. The quantitative estimate of drug-likeness (QED) is 0.0828. The molecule has 0 unspecified atom stereocenters. The van der Waals surface area contributed by atoms with Crippen LogP contribution in [0.5, 0.6) is 0 Å². The van der Waals surface area contributed by atoms with Crippen molar-refractivity contribution in [2.24, 2.45) is 10.3 Å². The molecule has 0 atom stereocenters. The van der Waals surface area contributed by atoms with E-state index in [0.29, 0.717) is 0 Å². The van der Waals surface area contributed by atoms with Gasteiger partial charge in [0.1, 0.15) is 36.5 Å². The number of hydrogen-bond acceptors (Lipinski definition) is 4. The van der Waals surface area contributed by atoms with E-state index in [9.17, 15) is 17.6 Å². The zero-order chi connectivity index (χ0) is 27.5. The first-order valence-corrected chi connectivity index (χ1v) is 12.1. The highest BCUT2D eigenvalue weighted by Crippen LogP contribution is 2.14. The summed E-state index contributed by atoms with van der Waals surface area (Å²) in [5, 5.41) is 7.57. The second-order valence-corrected chi connectivity index (χ2v) is 8.51.